The van der Waals surface area contributed by atoms with Gasteiger partial charge in [0.2, 0.25) is 7.85 Å². The van der Waals surface area contributed by atoms with E-state index in [2.05, 4.69) is 30.6 Å². The molecular formula is C19H30BN3O2. The number of nitrogens with zero attached hydrogens (tertiary/aromatic N) is 1. The van der Waals surface area contributed by atoms with Crippen molar-refractivity contribution in [3.05, 3.63) is 35.9 Å². The molecule has 0 fully saturated rings. The van der Waals surface area contributed by atoms with Crippen molar-refractivity contribution in [2.75, 3.05) is 13.1 Å². The summed E-state index contributed by atoms with van der Waals surface area (Å²) >= 11 is 0. The van der Waals surface area contributed by atoms with Gasteiger partial charge in [0.05, 0.1) is 18.2 Å². The molecule has 2 atom stereocenters. The minimum Gasteiger partial charge on any atom is -0.390 e. The fourth-order valence-electron chi connectivity index (χ4n) is 2.85. The van der Waals surface area contributed by atoms with Crippen LogP contribution in [0.15, 0.2) is 30.3 Å². The summed E-state index contributed by atoms with van der Waals surface area (Å²) in [5, 5.41) is 25.3. The van der Waals surface area contributed by atoms with E-state index in [-0.39, 0.29) is 17.3 Å². The zero-order chi connectivity index (χ0) is 18.7. The standard InChI is InChI=1S/C19H30BN3O2/c1-19(2,10-6-7-11-21)14-22-13-17(24)16(23-18(20)25)12-15-8-4-3-5-9-15/h3-5,8-9,16-17,22,24H,6-7,10,12-14,20H2,1-2H3,(H,23,25)/t16-,17+/m0/s1. The van der Waals surface area contributed by atoms with Gasteiger partial charge in [-0.2, -0.15) is 5.26 Å². The number of amides is 1. The molecule has 0 heterocycles. The normalized spacial score (nSPS) is 13.7. The molecule has 0 radical (unpaired) electrons. The lowest BCUT2D eigenvalue weighted by Crippen LogP contribution is -2.49. The number of hydrogen-bond donors (Lipinski definition) is 3. The molecule has 25 heavy (non-hydrogen) atoms. The van der Waals surface area contributed by atoms with Crippen molar-refractivity contribution in [2.45, 2.75) is 51.7 Å². The number of benzene rings is 1. The number of carbonyl (C=O) groups excluding carboxylic acids is 1. The second kappa shape index (κ2) is 10.9. The van der Waals surface area contributed by atoms with Crippen LogP contribution in [0.5, 0.6) is 0 Å². The maximum atomic E-state index is 11.5. The van der Waals surface area contributed by atoms with Gasteiger partial charge in [0.15, 0.2) is 5.81 Å². The van der Waals surface area contributed by atoms with Crippen molar-refractivity contribution in [1.29, 1.82) is 5.26 Å². The smallest absolute Gasteiger partial charge is 0.215 e. The second-order valence-corrected chi connectivity index (χ2v) is 7.37. The number of rotatable bonds is 11. The quantitative estimate of drug-likeness (QED) is 0.421. The molecule has 0 aromatic heterocycles. The third-order valence-corrected chi connectivity index (χ3v) is 4.25. The van der Waals surface area contributed by atoms with Crippen molar-refractivity contribution in [1.82, 2.24) is 10.6 Å². The molecule has 6 heteroatoms. The van der Waals surface area contributed by atoms with E-state index in [1.807, 2.05) is 30.3 Å². The molecule has 0 aliphatic rings. The molecule has 0 aliphatic heterocycles. The Labute approximate surface area is 152 Å². The van der Waals surface area contributed by atoms with Gasteiger partial charge in [0.1, 0.15) is 0 Å². The monoisotopic (exact) mass is 343 g/mol. The van der Waals surface area contributed by atoms with Gasteiger partial charge in [-0.25, -0.2) is 0 Å². The van der Waals surface area contributed by atoms with Gasteiger partial charge in [-0.3, -0.25) is 4.79 Å². The van der Waals surface area contributed by atoms with Gasteiger partial charge >= 0.3 is 0 Å². The van der Waals surface area contributed by atoms with Crippen molar-refractivity contribution < 1.29 is 9.90 Å². The molecule has 0 saturated heterocycles. The van der Waals surface area contributed by atoms with Crippen molar-refractivity contribution in [3.8, 4) is 6.07 Å². The van der Waals surface area contributed by atoms with Crippen molar-refractivity contribution >= 4 is 13.7 Å². The zero-order valence-corrected chi connectivity index (χ0v) is 15.6. The summed E-state index contributed by atoms with van der Waals surface area (Å²) in [5.74, 6) is -0.142. The molecule has 1 aromatic rings. The summed E-state index contributed by atoms with van der Waals surface area (Å²) in [4.78, 5) is 11.5. The highest BCUT2D eigenvalue weighted by Gasteiger charge is 2.22. The highest BCUT2D eigenvalue weighted by atomic mass is 16.3. The van der Waals surface area contributed by atoms with Gasteiger partial charge in [-0.05, 0) is 30.2 Å². The first-order valence-corrected chi connectivity index (χ1v) is 8.91. The van der Waals surface area contributed by atoms with Crippen LogP contribution in [0.4, 0.5) is 4.79 Å². The van der Waals surface area contributed by atoms with Crippen LogP contribution in [0.25, 0.3) is 0 Å². The van der Waals surface area contributed by atoms with E-state index in [1.165, 1.54) is 7.85 Å². The van der Waals surface area contributed by atoms with Gasteiger partial charge in [0, 0.05) is 19.5 Å². The Morgan fingerprint density at radius 1 is 1.36 bits per heavy atom. The number of carbonyl (C=O) groups is 1. The fourth-order valence-corrected chi connectivity index (χ4v) is 2.85. The van der Waals surface area contributed by atoms with E-state index in [9.17, 15) is 9.90 Å². The first kappa shape index (κ1) is 21.2. The maximum absolute atomic E-state index is 11.5. The summed E-state index contributed by atoms with van der Waals surface area (Å²) < 4.78 is 0. The molecule has 0 aliphatic carbocycles. The van der Waals surface area contributed by atoms with Crippen LogP contribution < -0.4 is 10.6 Å². The molecule has 1 amide bonds. The van der Waals surface area contributed by atoms with Gasteiger partial charge in [-0.15, -0.1) is 0 Å². The number of aliphatic hydroxyl groups is 1. The Kier molecular flexibility index (Phi) is 9.26. The number of hydrogen-bond acceptors (Lipinski definition) is 4. The first-order chi connectivity index (χ1) is 11.8. The number of nitriles is 1. The molecule has 1 rings (SSSR count). The lowest BCUT2D eigenvalue weighted by molar-refractivity contribution is 0.125. The third-order valence-electron chi connectivity index (χ3n) is 4.25. The van der Waals surface area contributed by atoms with E-state index in [1.54, 1.807) is 0 Å². The average molecular weight is 343 g/mol. The summed E-state index contributed by atoms with van der Waals surface area (Å²) in [5.41, 5.74) is 1.15. The molecule has 0 saturated carbocycles. The van der Waals surface area contributed by atoms with E-state index >= 15 is 0 Å². The van der Waals surface area contributed by atoms with Crippen LogP contribution in [0.2, 0.25) is 0 Å². The molecule has 0 unspecified atom stereocenters. The molecule has 0 bridgehead atoms. The largest absolute Gasteiger partial charge is 0.390 e. The topological polar surface area (TPSA) is 85.2 Å². The van der Waals surface area contributed by atoms with Gasteiger partial charge in [-0.1, -0.05) is 44.2 Å². The molecule has 3 N–H and O–H groups in total. The molecular weight excluding hydrogens is 313 g/mol. The van der Waals surface area contributed by atoms with E-state index < -0.39 is 6.10 Å². The van der Waals surface area contributed by atoms with E-state index in [0.29, 0.717) is 19.4 Å². The van der Waals surface area contributed by atoms with Crippen LogP contribution in [0.3, 0.4) is 0 Å². The van der Waals surface area contributed by atoms with Gasteiger partial charge < -0.3 is 15.7 Å². The minimum absolute atomic E-state index is 0.0689. The van der Waals surface area contributed by atoms with E-state index in [4.69, 9.17) is 5.26 Å². The summed E-state index contributed by atoms with van der Waals surface area (Å²) in [6.07, 6.45) is 2.35. The lowest BCUT2D eigenvalue weighted by atomic mass is 9.87. The lowest BCUT2D eigenvalue weighted by Gasteiger charge is -2.28. The van der Waals surface area contributed by atoms with Crippen LogP contribution in [-0.2, 0) is 6.42 Å². The van der Waals surface area contributed by atoms with E-state index in [0.717, 1.165) is 24.9 Å². The van der Waals surface area contributed by atoms with Crippen LogP contribution in [-0.4, -0.2) is 44.0 Å². The van der Waals surface area contributed by atoms with Crippen molar-refractivity contribution in [3.63, 3.8) is 0 Å². The van der Waals surface area contributed by atoms with Crippen LogP contribution >= 0.6 is 0 Å². The predicted octanol–water partition coefficient (Wildman–Crippen LogP) is 1.61. The molecule has 5 nitrogen and oxygen atoms in total. The summed E-state index contributed by atoms with van der Waals surface area (Å²) in [6.45, 7) is 5.48. The zero-order valence-electron chi connectivity index (χ0n) is 15.6. The predicted molar refractivity (Wildman–Crippen MR) is 103 cm³/mol. The number of aliphatic hydroxyl groups excluding tert-OH is 1. The van der Waals surface area contributed by atoms with Crippen molar-refractivity contribution in [2.24, 2.45) is 5.41 Å². The number of unbranched alkanes of at least 4 members (excludes halogenated alkanes) is 1. The fraction of sp³-hybridized carbons (Fsp3) is 0.579. The second-order valence-electron chi connectivity index (χ2n) is 7.37. The SMILES string of the molecule is BC(=O)N[C@@H](Cc1ccccc1)[C@H](O)CNCC(C)(C)CCCC#N. The highest BCUT2D eigenvalue weighted by Crippen LogP contribution is 2.21. The van der Waals surface area contributed by atoms with Crippen LogP contribution in [0, 0.1) is 16.7 Å². The Morgan fingerprint density at radius 3 is 2.64 bits per heavy atom. The minimum atomic E-state index is -0.668. The third kappa shape index (κ3) is 9.28. The Balaban J connectivity index is 2.50. The molecule has 136 valence electrons. The Bertz CT molecular complexity index is 558. The first-order valence-electron chi connectivity index (χ1n) is 8.91. The van der Waals surface area contributed by atoms with Gasteiger partial charge in [0.25, 0.3) is 0 Å². The summed E-state index contributed by atoms with van der Waals surface area (Å²) in [7, 11) is 1.47. The van der Waals surface area contributed by atoms with Crippen LogP contribution in [0.1, 0.15) is 38.7 Å². The number of nitrogens with one attached hydrogen (secondary N) is 2. The Morgan fingerprint density at radius 2 is 2.04 bits per heavy atom. The maximum Gasteiger partial charge on any atom is 0.215 e. The highest BCUT2D eigenvalue weighted by molar-refractivity contribution is 6.57. The molecule has 1 aromatic carbocycles. The molecule has 0 spiro atoms. The Hall–Kier alpha value is -1.84. The average Bonchev–Trinajstić information content (AvgIpc) is 2.54. The summed E-state index contributed by atoms with van der Waals surface area (Å²) in [6, 6.07) is 11.7.